The van der Waals surface area contributed by atoms with Gasteiger partial charge in [-0.25, -0.2) is 4.98 Å². The molecule has 1 aliphatic carbocycles. The van der Waals surface area contributed by atoms with Gasteiger partial charge in [0.1, 0.15) is 0 Å². The molecule has 1 fully saturated rings. The van der Waals surface area contributed by atoms with Gasteiger partial charge in [0.05, 0.1) is 12.0 Å². The standard InChI is InChI=1S/C17H31N3/c1-13(2)15-8-6-7-9-16(15)20-12-18-10-14(20)11-19-17(3,4)5/h10,12-13,15-16,19H,6-9,11H2,1-5H3. The van der Waals surface area contributed by atoms with Crippen molar-refractivity contribution in [1.29, 1.82) is 0 Å². The Labute approximate surface area is 124 Å². The van der Waals surface area contributed by atoms with Crippen LogP contribution in [0, 0.1) is 11.8 Å². The van der Waals surface area contributed by atoms with E-state index < -0.39 is 0 Å². The quantitative estimate of drug-likeness (QED) is 0.895. The highest BCUT2D eigenvalue weighted by Crippen LogP contribution is 2.38. The maximum absolute atomic E-state index is 4.41. The van der Waals surface area contributed by atoms with Crippen molar-refractivity contribution in [2.24, 2.45) is 11.8 Å². The van der Waals surface area contributed by atoms with Gasteiger partial charge >= 0.3 is 0 Å². The molecule has 20 heavy (non-hydrogen) atoms. The Kier molecular flexibility index (Phi) is 4.90. The third-order valence-electron chi connectivity index (χ3n) is 4.54. The summed E-state index contributed by atoms with van der Waals surface area (Å²) in [5.74, 6) is 1.55. The van der Waals surface area contributed by atoms with Gasteiger partial charge in [0.25, 0.3) is 0 Å². The predicted octanol–water partition coefficient (Wildman–Crippen LogP) is 4.16. The highest BCUT2D eigenvalue weighted by molar-refractivity contribution is 5.03. The van der Waals surface area contributed by atoms with Gasteiger partial charge in [-0.05, 0) is 45.4 Å². The maximum Gasteiger partial charge on any atom is 0.0951 e. The Balaban J connectivity index is 2.13. The molecule has 1 saturated carbocycles. The highest BCUT2D eigenvalue weighted by atomic mass is 15.1. The molecule has 1 heterocycles. The summed E-state index contributed by atoms with van der Waals surface area (Å²) in [4.78, 5) is 4.41. The van der Waals surface area contributed by atoms with Crippen LogP contribution in [0.2, 0.25) is 0 Å². The zero-order chi connectivity index (χ0) is 14.8. The molecule has 0 amide bonds. The van der Waals surface area contributed by atoms with Crippen LogP contribution >= 0.6 is 0 Å². The van der Waals surface area contributed by atoms with Crippen LogP contribution < -0.4 is 5.32 Å². The first-order chi connectivity index (χ1) is 9.38. The molecule has 2 rings (SSSR count). The molecule has 0 bridgehead atoms. The molecule has 2 atom stereocenters. The maximum atomic E-state index is 4.41. The Morgan fingerprint density at radius 3 is 2.65 bits per heavy atom. The first-order valence-electron chi connectivity index (χ1n) is 8.14. The van der Waals surface area contributed by atoms with Crippen LogP contribution in [0.1, 0.15) is 72.0 Å². The second-order valence-electron chi connectivity index (χ2n) is 7.66. The third-order valence-corrected chi connectivity index (χ3v) is 4.54. The van der Waals surface area contributed by atoms with Crippen LogP contribution in [0.25, 0.3) is 0 Å². The molecule has 0 saturated heterocycles. The van der Waals surface area contributed by atoms with E-state index in [0.717, 1.165) is 18.4 Å². The molecular weight excluding hydrogens is 246 g/mol. The third kappa shape index (κ3) is 3.85. The topological polar surface area (TPSA) is 29.9 Å². The lowest BCUT2D eigenvalue weighted by molar-refractivity contribution is 0.180. The summed E-state index contributed by atoms with van der Waals surface area (Å²) in [5, 5.41) is 3.59. The van der Waals surface area contributed by atoms with Crippen LogP contribution in [0.15, 0.2) is 12.5 Å². The van der Waals surface area contributed by atoms with Crippen LogP contribution in [0.5, 0.6) is 0 Å². The summed E-state index contributed by atoms with van der Waals surface area (Å²) in [6.07, 6.45) is 9.51. The minimum Gasteiger partial charge on any atom is -0.330 e. The summed E-state index contributed by atoms with van der Waals surface area (Å²) in [6.45, 7) is 12.3. The van der Waals surface area contributed by atoms with Gasteiger partial charge < -0.3 is 9.88 Å². The smallest absolute Gasteiger partial charge is 0.0951 e. The molecule has 1 aromatic heterocycles. The minimum absolute atomic E-state index is 0.152. The van der Waals surface area contributed by atoms with Crippen LogP contribution in [-0.2, 0) is 6.54 Å². The van der Waals surface area contributed by atoms with Crippen LogP contribution in [-0.4, -0.2) is 15.1 Å². The van der Waals surface area contributed by atoms with E-state index in [1.807, 2.05) is 12.5 Å². The summed E-state index contributed by atoms with van der Waals surface area (Å²) in [6, 6.07) is 0.642. The van der Waals surface area contributed by atoms with Gasteiger partial charge in [-0.3, -0.25) is 0 Å². The number of hydrogen-bond acceptors (Lipinski definition) is 2. The van der Waals surface area contributed by atoms with Crippen molar-refractivity contribution in [2.45, 2.75) is 78.4 Å². The number of aromatic nitrogens is 2. The van der Waals surface area contributed by atoms with Gasteiger partial charge in [0, 0.05) is 24.3 Å². The van der Waals surface area contributed by atoms with E-state index in [9.17, 15) is 0 Å². The Hall–Kier alpha value is -0.830. The Morgan fingerprint density at radius 1 is 1.30 bits per heavy atom. The molecule has 1 N–H and O–H groups in total. The van der Waals surface area contributed by atoms with E-state index in [4.69, 9.17) is 0 Å². The summed E-state index contributed by atoms with van der Waals surface area (Å²) < 4.78 is 2.45. The lowest BCUT2D eigenvalue weighted by atomic mass is 9.77. The normalized spacial score (nSPS) is 24.3. The molecule has 0 radical (unpaired) electrons. The van der Waals surface area contributed by atoms with Gasteiger partial charge in [-0.1, -0.05) is 26.7 Å². The minimum atomic E-state index is 0.152. The largest absolute Gasteiger partial charge is 0.330 e. The average molecular weight is 277 g/mol. The van der Waals surface area contributed by atoms with E-state index in [0.29, 0.717) is 6.04 Å². The number of hydrogen-bond donors (Lipinski definition) is 1. The summed E-state index contributed by atoms with van der Waals surface area (Å²) in [5.41, 5.74) is 1.48. The molecule has 114 valence electrons. The Morgan fingerprint density at radius 2 is 2.00 bits per heavy atom. The van der Waals surface area contributed by atoms with Gasteiger partial charge in [0.15, 0.2) is 0 Å². The fraction of sp³-hybridized carbons (Fsp3) is 0.824. The van der Waals surface area contributed by atoms with E-state index in [-0.39, 0.29) is 5.54 Å². The zero-order valence-corrected chi connectivity index (χ0v) is 13.8. The zero-order valence-electron chi connectivity index (χ0n) is 13.8. The number of imidazole rings is 1. The van der Waals surface area contributed by atoms with Crippen molar-refractivity contribution in [3.8, 4) is 0 Å². The molecular formula is C17H31N3. The summed E-state index contributed by atoms with van der Waals surface area (Å²) in [7, 11) is 0. The fourth-order valence-electron chi connectivity index (χ4n) is 3.39. The molecule has 0 aromatic carbocycles. The first-order valence-corrected chi connectivity index (χ1v) is 8.14. The molecule has 1 aliphatic rings. The number of nitrogens with zero attached hydrogens (tertiary/aromatic N) is 2. The van der Waals surface area contributed by atoms with Crippen LogP contribution in [0.4, 0.5) is 0 Å². The lowest BCUT2D eigenvalue weighted by Crippen LogP contribution is -2.36. The van der Waals surface area contributed by atoms with E-state index in [1.54, 1.807) is 0 Å². The molecule has 2 unspecified atom stereocenters. The SMILES string of the molecule is CC(C)C1CCCCC1n1cncc1CNC(C)(C)C. The Bertz CT molecular complexity index is 414. The predicted molar refractivity (Wildman–Crippen MR) is 84.7 cm³/mol. The van der Waals surface area contributed by atoms with Crippen molar-refractivity contribution in [3.63, 3.8) is 0 Å². The van der Waals surface area contributed by atoms with Gasteiger partial charge in [-0.2, -0.15) is 0 Å². The van der Waals surface area contributed by atoms with Gasteiger partial charge in [0.2, 0.25) is 0 Å². The van der Waals surface area contributed by atoms with Crippen LogP contribution in [0.3, 0.4) is 0 Å². The van der Waals surface area contributed by atoms with E-state index in [2.05, 4.69) is 49.5 Å². The second kappa shape index (κ2) is 6.30. The molecule has 3 heteroatoms. The fourth-order valence-corrected chi connectivity index (χ4v) is 3.39. The van der Waals surface area contributed by atoms with Crippen molar-refractivity contribution in [3.05, 3.63) is 18.2 Å². The van der Waals surface area contributed by atoms with E-state index >= 15 is 0 Å². The monoisotopic (exact) mass is 277 g/mol. The van der Waals surface area contributed by atoms with Gasteiger partial charge in [-0.15, -0.1) is 0 Å². The first kappa shape index (κ1) is 15.6. The van der Waals surface area contributed by atoms with Crippen molar-refractivity contribution in [1.82, 2.24) is 14.9 Å². The molecule has 3 nitrogen and oxygen atoms in total. The van der Waals surface area contributed by atoms with Crippen molar-refractivity contribution < 1.29 is 0 Å². The van der Waals surface area contributed by atoms with Crippen molar-refractivity contribution in [2.75, 3.05) is 0 Å². The second-order valence-corrected chi connectivity index (χ2v) is 7.66. The summed E-state index contributed by atoms with van der Waals surface area (Å²) >= 11 is 0. The lowest BCUT2D eigenvalue weighted by Gasteiger charge is -2.36. The highest BCUT2D eigenvalue weighted by Gasteiger charge is 2.29. The van der Waals surface area contributed by atoms with E-state index in [1.165, 1.54) is 31.4 Å². The number of nitrogens with one attached hydrogen (secondary N) is 1. The molecule has 1 aromatic rings. The number of rotatable bonds is 4. The molecule has 0 spiro atoms. The van der Waals surface area contributed by atoms with Crippen molar-refractivity contribution >= 4 is 0 Å². The molecule has 0 aliphatic heterocycles. The average Bonchev–Trinajstić information content (AvgIpc) is 2.83.